The molecule has 3 heteroatoms. The van der Waals surface area contributed by atoms with Gasteiger partial charge in [0.05, 0.1) is 0 Å². The lowest BCUT2D eigenvalue weighted by Gasteiger charge is -2.14. The molecule has 0 fully saturated rings. The minimum absolute atomic E-state index is 0.146. The summed E-state index contributed by atoms with van der Waals surface area (Å²) < 4.78 is 14.3. The maximum absolute atomic E-state index is 13.5. The van der Waals surface area contributed by atoms with Gasteiger partial charge in [-0.2, -0.15) is 0 Å². The fourth-order valence-electron chi connectivity index (χ4n) is 1.75. The van der Waals surface area contributed by atoms with E-state index in [0.29, 0.717) is 12.6 Å². The third-order valence-corrected chi connectivity index (χ3v) is 3.39. The van der Waals surface area contributed by atoms with E-state index in [9.17, 15) is 4.39 Å². The molecule has 0 spiro atoms. The Labute approximate surface area is 112 Å². The quantitative estimate of drug-likeness (QED) is 0.723. The fraction of sp³-hybridized carbons (Fsp3) is 0.571. The Morgan fingerprint density at radius 2 is 2.12 bits per heavy atom. The summed E-state index contributed by atoms with van der Waals surface area (Å²) >= 11 is 3.26. The van der Waals surface area contributed by atoms with Crippen LogP contribution in [0.1, 0.15) is 45.1 Å². The van der Waals surface area contributed by atoms with Crippen molar-refractivity contribution in [2.24, 2.45) is 0 Å². The van der Waals surface area contributed by atoms with Gasteiger partial charge in [0.25, 0.3) is 0 Å². The summed E-state index contributed by atoms with van der Waals surface area (Å²) in [5.41, 5.74) is 0.732. The normalized spacial score (nSPS) is 12.7. The summed E-state index contributed by atoms with van der Waals surface area (Å²) in [5.74, 6) is -0.146. The Hall–Kier alpha value is -0.410. The van der Waals surface area contributed by atoms with Crippen LogP contribution in [0.25, 0.3) is 0 Å². The monoisotopic (exact) mass is 301 g/mol. The van der Waals surface area contributed by atoms with Gasteiger partial charge in [-0.3, -0.25) is 0 Å². The topological polar surface area (TPSA) is 12.0 Å². The number of halogens is 2. The first-order valence-electron chi connectivity index (χ1n) is 6.30. The molecule has 0 amide bonds. The predicted octanol–water partition coefficient (Wildman–Crippen LogP) is 4.65. The van der Waals surface area contributed by atoms with Crippen molar-refractivity contribution in [3.8, 4) is 0 Å². The molecule has 0 saturated heterocycles. The highest BCUT2D eigenvalue weighted by atomic mass is 79.9. The smallest absolute Gasteiger partial charge is 0.128 e. The average molecular weight is 302 g/mol. The van der Waals surface area contributed by atoms with Crippen molar-refractivity contribution in [3.63, 3.8) is 0 Å². The molecule has 0 aromatic heterocycles. The van der Waals surface area contributed by atoms with Crippen molar-refractivity contribution in [3.05, 3.63) is 34.1 Å². The van der Waals surface area contributed by atoms with Crippen LogP contribution in [0, 0.1) is 5.82 Å². The van der Waals surface area contributed by atoms with Gasteiger partial charge in [0.2, 0.25) is 0 Å². The van der Waals surface area contributed by atoms with Crippen LogP contribution in [-0.4, -0.2) is 6.04 Å². The van der Waals surface area contributed by atoms with Crippen LogP contribution < -0.4 is 5.32 Å². The summed E-state index contributed by atoms with van der Waals surface area (Å²) in [5, 5.41) is 3.36. The minimum Gasteiger partial charge on any atom is -0.310 e. The summed E-state index contributed by atoms with van der Waals surface area (Å²) in [7, 11) is 0. The first-order valence-corrected chi connectivity index (χ1v) is 7.10. The summed E-state index contributed by atoms with van der Waals surface area (Å²) in [6, 6.07) is 5.66. The maximum Gasteiger partial charge on any atom is 0.128 e. The van der Waals surface area contributed by atoms with Gasteiger partial charge >= 0.3 is 0 Å². The minimum atomic E-state index is -0.146. The molecule has 1 unspecified atom stereocenters. The molecule has 0 saturated carbocycles. The van der Waals surface area contributed by atoms with Crippen molar-refractivity contribution in [2.45, 2.75) is 52.1 Å². The molecule has 1 aromatic carbocycles. The Balaban J connectivity index is 2.34. The molecule has 0 radical (unpaired) electrons. The third-order valence-electron chi connectivity index (χ3n) is 2.90. The van der Waals surface area contributed by atoms with E-state index in [-0.39, 0.29) is 5.82 Å². The molecular formula is C14H21BrFN. The molecule has 0 aliphatic heterocycles. The average Bonchev–Trinajstić information content (AvgIpc) is 2.28. The first kappa shape index (κ1) is 14.7. The van der Waals surface area contributed by atoms with Gasteiger partial charge < -0.3 is 5.32 Å². The molecule has 0 aliphatic carbocycles. The lowest BCUT2D eigenvalue weighted by Crippen LogP contribution is -2.25. The number of benzene rings is 1. The zero-order chi connectivity index (χ0) is 12.7. The van der Waals surface area contributed by atoms with Gasteiger partial charge in [-0.1, -0.05) is 48.2 Å². The summed E-state index contributed by atoms with van der Waals surface area (Å²) in [6.07, 6.45) is 4.92. The van der Waals surface area contributed by atoms with E-state index in [1.54, 1.807) is 0 Å². The summed E-state index contributed by atoms with van der Waals surface area (Å²) in [4.78, 5) is 0. The van der Waals surface area contributed by atoms with E-state index in [1.807, 2.05) is 12.1 Å². The zero-order valence-electron chi connectivity index (χ0n) is 10.6. The Bertz CT molecular complexity index is 341. The highest BCUT2D eigenvalue weighted by molar-refractivity contribution is 9.10. The highest BCUT2D eigenvalue weighted by Crippen LogP contribution is 2.15. The third kappa shape index (κ3) is 5.64. The van der Waals surface area contributed by atoms with Crippen LogP contribution in [0.2, 0.25) is 0 Å². The number of nitrogens with one attached hydrogen (secondary N) is 1. The van der Waals surface area contributed by atoms with Crippen molar-refractivity contribution in [1.29, 1.82) is 0 Å². The molecule has 1 nitrogen and oxygen atoms in total. The second kappa shape index (κ2) is 7.83. The van der Waals surface area contributed by atoms with Crippen molar-refractivity contribution >= 4 is 15.9 Å². The van der Waals surface area contributed by atoms with Gasteiger partial charge in [-0.05, 0) is 25.5 Å². The molecular weight excluding hydrogens is 281 g/mol. The van der Waals surface area contributed by atoms with Crippen LogP contribution in [0.15, 0.2) is 22.7 Å². The van der Waals surface area contributed by atoms with Gasteiger partial charge in [0, 0.05) is 22.6 Å². The van der Waals surface area contributed by atoms with Crippen molar-refractivity contribution < 1.29 is 4.39 Å². The Morgan fingerprint density at radius 1 is 1.35 bits per heavy atom. The van der Waals surface area contributed by atoms with Gasteiger partial charge in [0.15, 0.2) is 0 Å². The van der Waals surface area contributed by atoms with Gasteiger partial charge in [-0.25, -0.2) is 4.39 Å². The van der Waals surface area contributed by atoms with Crippen molar-refractivity contribution in [1.82, 2.24) is 5.32 Å². The zero-order valence-corrected chi connectivity index (χ0v) is 12.2. The number of rotatable bonds is 7. The molecule has 0 heterocycles. The Kier molecular flexibility index (Phi) is 6.75. The molecule has 1 N–H and O–H groups in total. The van der Waals surface area contributed by atoms with Gasteiger partial charge in [-0.15, -0.1) is 0 Å². The fourth-order valence-corrected chi connectivity index (χ4v) is 2.08. The van der Waals surface area contributed by atoms with Crippen LogP contribution in [-0.2, 0) is 6.54 Å². The standard InChI is InChI=1S/C14H21BrFN/c1-3-4-5-6-11(2)17-10-12-7-8-13(15)9-14(12)16/h7-9,11,17H,3-6,10H2,1-2H3. The lowest BCUT2D eigenvalue weighted by atomic mass is 10.1. The van der Waals surface area contributed by atoms with E-state index in [4.69, 9.17) is 0 Å². The second-order valence-corrected chi connectivity index (χ2v) is 5.43. The van der Waals surface area contributed by atoms with Gasteiger partial charge in [0.1, 0.15) is 5.82 Å². The Morgan fingerprint density at radius 3 is 2.76 bits per heavy atom. The summed E-state index contributed by atoms with van der Waals surface area (Å²) in [6.45, 7) is 4.97. The number of unbranched alkanes of at least 4 members (excludes halogenated alkanes) is 2. The van der Waals surface area contributed by atoms with Crippen LogP contribution >= 0.6 is 15.9 Å². The van der Waals surface area contributed by atoms with Crippen LogP contribution in [0.4, 0.5) is 4.39 Å². The second-order valence-electron chi connectivity index (χ2n) is 4.51. The highest BCUT2D eigenvalue weighted by Gasteiger charge is 2.05. The number of hydrogen-bond acceptors (Lipinski definition) is 1. The molecule has 96 valence electrons. The molecule has 17 heavy (non-hydrogen) atoms. The van der Waals surface area contributed by atoms with Crippen LogP contribution in [0.5, 0.6) is 0 Å². The molecule has 1 atom stereocenters. The van der Waals surface area contributed by atoms with Crippen molar-refractivity contribution in [2.75, 3.05) is 0 Å². The predicted molar refractivity (Wildman–Crippen MR) is 74.5 cm³/mol. The lowest BCUT2D eigenvalue weighted by molar-refractivity contribution is 0.479. The van der Waals surface area contributed by atoms with E-state index in [2.05, 4.69) is 35.1 Å². The molecule has 1 aromatic rings. The van der Waals surface area contributed by atoms with E-state index >= 15 is 0 Å². The van der Waals surface area contributed by atoms with Crippen LogP contribution in [0.3, 0.4) is 0 Å². The van der Waals surface area contributed by atoms with E-state index in [0.717, 1.165) is 16.5 Å². The molecule has 0 aliphatic rings. The largest absolute Gasteiger partial charge is 0.310 e. The van der Waals surface area contributed by atoms with E-state index < -0.39 is 0 Å². The SMILES string of the molecule is CCCCCC(C)NCc1ccc(Br)cc1F. The maximum atomic E-state index is 13.5. The molecule has 0 bridgehead atoms. The number of hydrogen-bond donors (Lipinski definition) is 1. The first-order chi connectivity index (χ1) is 8.13. The van der Waals surface area contributed by atoms with E-state index in [1.165, 1.54) is 25.3 Å². The molecule has 1 rings (SSSR count).